The molecule has 84 valence electrons. The summed E-state index contributed by atoms with van der Waals surface area (Å²) in [5.41, 5.74) is 0.515. The van der Waals surface area contributed by atoms with E-state index in [9.17, 15) is 0 Å². The van der Waals surface area contributed by atoms with Crippen molar-refractivity contribution in [3.05, 3.63) is 12.2 Å². The smallest absolute Gasteiger partial charge is 0.0121 e. The van der Waals surface area contributed by atoms with Crippen molar-refractivity contribution in [3.63, 3.8) is 0 Å². The van der Waals surface area contributed by atoms with E-state index < -0.39 is 0 Å². The third-order valence-corrected chi connectivity index (χ3v) is 3.19. The van der Waals surface area contributed by atoms with Crippen LogP contribution >= 0.6 is 0 Å². The van der Waals surface area contributed by atoms with Crippen molar-refractivity contribution in [1.29, 1.82) is 0 Å². The van der Waals surface area contributed by atoms with Gasteiger partial charge in [-0.15, -0.1) is 0 Å². The third kappa shape index (κ3) is 4.83. The lowest BCUT2D eigenvalue weighted by Crippen LogP contribution is -2.16. The minimum absolute atomic E-state index is 0.515. The summed E-state index contributed by atoms with van der Waals surface area (Å²) in [7, 11) is 0. The first-order valence-electron chi connectivity index (χ1n) is 6.42. The van der Waals surface area contributed by atoms with E-state index >= 15 is 0 Å². The number of hydrogen-bond acceptors (Lipinski definition) is 0. The third-order valence-electron chi connectivity index (χ3n) is 3.19. The van der Waals surface area contributed by atoms with Crippen LogP contribution in [0.15, 0.2) is 12.2 Å². The van der Waals surface area contributed by atoms with E-state index in [1.807, 2.05) is 0 Å². The zero-order valence-electron chi connectivity index (χ0n) is 10.6. The molecule has 0 aromatic heterocycles. The average Bonchev–Trinajstić information content (AvgIpc) is 2.22. The zero-order valence-corrected chi connectivity index (χ0v) is 10.6. The fourth-order valence-electron chi connectivity index (χ4n) is 2.16. The van der Waals surface area contributed by atoms with E-state index in [1.54, 1.807) is 0 Å². The maximum absolute atomic E-state index is 2.49. The first-order chi connectivity index (χ1) is 6.74. The first-order valence-corrected chi connectivity index (χ1v) is 6.42. The molecular formula is C14H28. The van der Waals surface area contributed by atoms with Gasteiger partial charge in [-0.3, -0.25) is 0 Å². The molecule has 0 aromatic carbocycles. The molecule has 0 aliphatic rings. The lowest BCUT2D eigenvalue weighted by Gasteiger charge is -2.29. The van der Waals surface area contributed by atoms with E-state index in [4.69, 9.17) is 0 Å². The molecule has 14 heavy (non-hydrogen) atoms. The van der Waals surface area contributed by atoms with Gasteiger partial charge < -0.3 is 0 Å². The molecule has 0 heterocycles. The topological polar surface area (TPSA) is 0 Å². The van der Waals surface area contributed by atoms with Crippen molar-refractivity contribution in [2.75, 3.05) is 0 Å². The molecule has 0 rings (SSSR count). The fourth-order valence-corrected chi connectivity index (χ4v) is 2.16. The Morgan fingerprint density at radius 3 is 2.07 bits per heavy atom. The van der Waals surface area contributed by atoms with Gasteiger partial charge in [-0.05, 0) is 31.1 Å². The lowest BCUT2D eigenvalue weighted by atomic mass is 9.76. The molecule has 0 heteroatoms. The summed E-state index contributed by atoms with van der Waals surface area (Å²) in [5, 5.41) is 0. The van der Waals surface area contributed by atoms with Gasteiger partial charge in [0.1, 0.15) is 0 Å². The van der Waals surface area contributed by atoms with Crippen molar-refractivity contribution in [2.24, 2.45) is 5.41 Å². The van der Waals surface area contributed by atoms with Gasteiger partial charge in [-0.25, -0.2) is 0 Å². The molecule has 0 aliphatic carbocycles. The molecule has 0 nitrogen and oxygen atoms in total. The van der Waals surface area contributed by atoms with Crippen molar-refractivity contribution < 1.29 is 0 Å². The summed E-state index contributed by atoms with van der Waals surface area (Å²) in [6, 6.07) is 0. The molecule has 0 spiro atoms. The van der Waals surface area contributed by atoms with E-state index in [-0.39, 0.29) is 0 Å². The van der Waals surface area contributed by atoms with Crippen LogP contribution in [0.4, 0.5) is 0 Å². The van der Waals surface area contributed by atoms with Crippen LogP contribution in [-0.4, -0.2) is 0 Å². The second kappa shape index (κ2) is 8.08. The van der Waals surface area contributed by atoms with Gasteiger partial charge in [-0.1, -0.05) is 59.1 Å². The lowest BCUT2D eigenvalue weighted by molar-refractivity contribution is 0.297. The Labute approximate surface area is 90.8 Å². The predicted octanol–water partition coefficient (Wildman–Crippen LogP) is 5.34. The summed E-state index contributed by atoms with van der Waals surface area (Å²) in [6.07, 6.45) is 14.1. The Morgan fingerprint density at radius 1 is 0.929 bits per heavy atom. The molecule has 0 amide bonds. The predicted molar refractivity (Wildman–Crippen MR) is 66.6 cm³/mol. The monoisotopic (exact) mass is 196 g/mol. The number of allylic oxidation sites excluding steroid dienone is 2. The van der Waals surface area contributed by atoms with Crippen LogP contribution in [0.2, 0.25) is 0 Å². The Hall–Kier alpha value is -0.260. The van der Waals surface area contributed by atoms with Gasteiger partial charge in [-0.2, -0.15) is 0 Å². The highest BCUT2D eigenvalue weighted by atomic mass is 14.3. The van der Waals surface area contributed by atoms with E-state index in [1.165, 1.54) is 44.9 Å². The average molecular weight is 196 g/mol. The highest BCUT2D eigenvalue weighted by Crippen LogP contribution is 2.35. The molecule has 0 saturated heterocycles. The van der Waals surface area contributed by atoms with Gasteiger partial charge in [0.05, 0.1) is 0 Å². The number of unbranched alkanes of at least 4 members (excludes halogenated alkanes) is 1. The summed E-state index contributed by atoms with van der Waals surface area (Å²) in [6.45, 7) is 9.15. The highest BCUT2D eigenvalue weighted by Gasteiger charge is 2.22. The van der Waals surface area contributed by atoms with Gasteiger partial charge in [0.15, 0.2) is 0 Å². The molecule has 0 fully saturated rings. The fraction of sp³-hybridized carbons (Fsp3) is 0.857. The van der Waals surface area contributed by atoms with Crippen LogP contribution < -0.4 is 0 Å². The quantitative estimate of drug-likeness (QED) is 0.460. The molecule has 0 bridgehead atoms. The summed E-state index contributed by atoms with van der Waals surface area (Å²) in [5.74, 6) is 0. The largest absolute Gasteiger partial charge is 0.0883 e. The Morgan fingerprint density at radius 2 is 1.64 bits per heavy atom. The summed E-state index contributed by atoms with van der Waals surface area (Å²) >= 11 is 0. The number of hydrogen-bond donors (Lipinski definition) is 0. The Bertz CT molecular complexity index is 146. The van der Waals surface area contributed by atoms with Crippen LogP contribution in [0.3, 0.4) is 0 Å². The van der Waals surface area contributed by atoms with Gasteiger partial charge in [0, 0.05) is 0 Å². The maximum atomic E-state index is 2.49. The normalized spacial score (nSPS) is 16.0. The van der Waals surface area contributed by atoms with E-state index in [0.29, 0.717) is 5.41 Å². The van der Waals surface area contributed by atoms with Crippen molar-refractivity contribution in [3.8, 4) is 0 Å². The van der Waals surface area contributed by atoms with Gasteiger partial charge >= 0.3 is 0 Å². The molecule has 1 atom stereocenters. The van der Waals surface area contributed by atoms with Gasteiger partial charge in [0.25, 0.3) is 0 Å². The molecule has 0 aromatic rings. The SMILES string of the molecule is CCC=CC(CC)(CCC)CCCC. The van der Waals surface area contributed by atoms with E-state index in [0.717, 1.165) is 0 Å². The van der Waals surface area contributed by atoms with Crippen molar-refractivity contribution >= 4 is 0 Å². The van der Waals surface area contributed by atoms with Gasteiger partial charge in [0.2, 0.25) is 0 Å². The second-order valence-corrected chi connectivity index (χ2v) is 4.38. The molecular weight excluding hydrogens is 168 g/mol. The minimum Gasteiger partial charge on any atom is -0.0883 e. The van der Waals surface area contributed by atoms with Crippen LogP contribution in [-0.2, 0) is 0 Å². The molecule has 0 N–H and O–H groups in total. The van der Waals surface area contributed by atoms with Crippen molar-refractivity contribution in [1.82, 2.24) is 0 Å². The Kier molecular flexibility index (Phi) is 7.93. The molecule has 0 aliphatic heterocycles. The van der Waals surface area contributed by atoms with Crippen LogP contribution in [0.1, 0.15) is 72.6 Å². The van der Waals surface area contributed by atoms with Crippen LogP contribution in [0.5, 0.6) is 0 Å². The molecule has 0 saturated carbocycles. The highest BCUT2D eigenvalue weighted by molar-refractivity contribution is 4.98. The Balaban J connectivity index is 4.33. The minimum atomic E-state index is 0.515. The van der Waals surface area contributed by atoms with E-state index in [2.05, 4.69) is 39.8 Å². The molecule has 1 unspecified atom stereocenters. The first kappa shape index (κ1) is 13.7. The summed E-state index contributed by atoms with van der Waals surface area (Å²) in [4.78, 5) is 0. The zero-order chi connectivity index (χ0) is 10.9. The second-order valence-electron chi connectivity index (χ2n) is 4.38. The van der Waals surface area contributed by atoms with Crippen molar-refractivity contribution in [2.45, 2.75) is 72.6 Å². The van der Waals surface area contributed by atoms with Crippen LogP contribution in [0.25, 0.3) is 0 Å². The van der Waals surface area contributed by atoms with Crippen LogP contribution in [0, 0.1) is 5.41 Å². The molecule has 0 radical (unpaired) electrons. The maximum Gasteiger partial charge on any atom is -0.0121 e. The standard InChI is InChI=1S/C14H28/c1-5-9-12-14(8-4,11-7-3)13-10-6-2/h9,12H,5-8,10-11,13H2,1-4H3. The summed E-state index contributed by atoms with van der Waals surface area (Å²) < 4.78 is 0. The number of rotatable bonds is 8.